The number of aromatic carboxylic acids is 1. The summed E-state index contributed by atoms with van der Waals surface area (Å²) in [6.07, 6.45) is 2.88. The number of rotatable bonds is 9. The fourth-order valence-electron chi connectivity index (χ4n) is 5.98. The van der Waals surface area contributed by atoms with E-state index in [1.54, 1.807) is 10.6 Å². The number of benzene rings is 1. The van der Waals surface area contributed by atoms with Crippen LogP contribution in [0.4, 0.5) is 10.1 Å². The van der Waals surface area contributed by atoms with E-state index in [1.165, 1.54) is 23.9 Å². The van der Waals surface area contributed by atoms with E-state index in [9.17, 15) is 29.1 Å². The van der Waals surface area contributed by atoms with E-state index in [4.69, 9.17) is 15.0 Å². The number of aromatic nitrogens is 3. The summed E-state index contributed by atoms with van der Waals surface area (Å²) in [5, 5.41) is 13.2. The molecule has 0 spiro atoms. The summed E-state index contributed by atoms with van der Waals surface area (Å²) in [5.41, 5.74) is 7.76. The first-order chi connectivity index (χ1) is 22.0. The van der Waals surface area contributed by atoms with Crippen molar-refractivity contribution in [1.29, 1.82) is 0 Å². The molecule has 6 rings (SSSR count). The number of carbonyl (C=O) groups excluding carboxylic acids is 1. The third-order valence-electron chi connectivity index (χ3n) is 8.61. The number of piperazine rings is 1. The molecule has 16 nitrogen and oxygen atoms in total. The number of esters is 1. The Kier molecular flexibility index (Phi) is 8.37. The Morgan fingerprint density at radius 1 is 1.15 bits per heavy atom. The van der Waals surface area contributed by atoms with Gasteiger partial charge in [0.1, 0.15) is 30.3 Å². The molecule has 2 aromatic heterocycles. The number of carboxylic acids is 1. The molecule has 3 atom stereocenters. The summed E-state index contributed by atoms with van der Waals surface area (Å²) in [6, 6.07) is 2.04. The molecule has 0 unspecified atom stereocenters. The number of aryl methyl sites for hydroxylation is 1. The fourth-order valence-corrected chi connectivity index (χ4v) is 5.98. The van der Waals surface area contributed by atoms with Crippen molar-refractivity contribution in [3.05, 3.63) is 83.0 Å². The summed E-state index contributed by atoms with van der Waals surface area (Å²) < 4.78 is 29.6. The van der Waals surface area contributed by atoms with Crippen molar-refractivity contribution >= 4 is 28.5 Å². The molecule has 3 fully saturated rings. The first-order valence-corrected chi connectivity index (χ1v) is 14.8. The number of anilines is 1. The van der Waals surface area contributed by atoms with Gasteiger partial charge in [-0.3, -0.25) is 28.8 Å². The number of pyridine rings is 1. The minimum atomic E-state index is -1.35. The van der Waals surface area contributed by atoms with Gasteiger partial charge in [0.15, 0.2) is 0 Å². The number of halogens is 1. The second-order valence-corrected chi connectivity index (χ2v) is 11.7. The Bertz CT molecular complexity index is 1940. The van der Waals surface area contributed by atoms with Crippen molar-refractivity contribution in [3.63, 3.8) is 0 Å². The molecule has 0 bridgehead atoms. The van der Waals surface area contributed by atoms with Gasteiger partial charge in [-0.2, -0.15) is 0 Å². The fraction of sp³-hybridized carbons (Fsp3) is 0.483. The number of nitrogens with zero attached hydrogens (tertiary/aromatic N) is 7. The first-order valence-electron chi connectivity index (χ1n) is 14.8. The lowest BCUT2D eigenvalue weighted by atomic mass is 10.1. The van der Waals surface area contributed by atoms with Crippen molar-refractivity contribution < 1.29 is 28.6 Å². The van der Waals surface area contributed by atoms with Crippen molar-refractivity contribution in [3.8, 4) is 0 Å². The maximum atomic E-state index is 15.3. The number of fused-ring (bicyclic) bond motifs is 1. The third kappa shape index (κ3) is 6.11. The Balaban J connectivity index is 1.07. The zero-order valence-corrected chi connectivity index (χ0v) is 24.8. The number of carboxylic acid groups (broad SMARTS) is 1. The molecule has 17 heteroatoms. The van der Waals surface area contributed by atoms with E-state index < -0.39 is 52.8 Å². The SMILES string of the molecule is Cc1cn([C@H]2C[C@H](N=[N+]=[N-])[C@@H](COC(=O)CN3CCN(c4cc5c(cc4F)c(=O)c(C(=O)O)cn5C4CC4)CC3)O2)c(=O)[nH]c1=O. The van der Waals surface area contributed by atoms with Gasteiger partial charge >= 0.3 is 17.6 Å². The maximum absolute atomic E-state index is 15.3. The molecule has 0 amide bonds. The van der Waals surface area contributed by atoms with Gasteiger partial charge < -0.3 is 24.0 Å². The minimum Gasteiger partial charge on any atom is -0.477 e. The zero-order valence-electron chi connectivity index (χ0n) is 24.8. The van der Waals surface area contributed by atoms with Gasteiger partial charge in [0.05, 0.1) is 23.8 Å². The van der Waals surface area contributed by atoms with Crippen molar-refractivity contribution in [2.45, 2.75) is 50.6 Å². The third-order valence-corrected chi connectivity index (χ3v) is 8.61. The zero-order chi connectivity index (χ0) is 32.7. The average molecular weight is 639 g/mol. The number of hydrogen-bond acceptors (Lipinski definition) is 10. The van der Waals surface area contributed by atoms with E-state index in [-0.39, 0.29) is 36.6 Å². The molecular weight excluding hydrogens is 607 g/mol. The van der Waals surface area contributed by atoms with Gasteiger partial charge in [-0.15, -0.1) is 0 Å². The molecule has 2 aliphatic heterocycles. The van der Waals surface area contributed by atoms with Crippen LogP contribution in [0, 0.1) is 12.7 Å². The number of nitrogens with one attached hydrogen (secondary N) is 1. The maximum Gasteiger partial charge on any atom is 0.341 e. The van der Waals surface area contributed by atoms with Crippen molar-refractivity contribution in [1.82, 2.24) is 19.0 Å². The molecule has 3 aromatic rings. The van der Waals surface area contributed by atoms with Crippen LogP contribution in [0.5, 0.6) is 0 Å². The summed E-state index contributed by atoms with van der Waals surface area (Å²) in [7, 11) is 0. The first kappa shape index (κ1) is 31.0. The second kappa shape index (κ2) is 12.4. The summed E-state index contributed by atoms with van der Waals surface area (Å²) in [6.45, 7) is 2.87. The number of azide groups is 1. The normalized spacial score (nSPS) is 21.7. The van der Waals surface area contributed by atoms with Crippen LogP contribution in [-0.2, 0) is 14.3 Å². The predicted octanol–water partition coefficient (Wildman–Crippen LogP) is 1.66. The Morgan fingerprint density at radius 3 is 2.57 bits per heavy atom. The number of ether oxygens (including phenoxy) is 2. The molecule has 0 radical (unpaired) electrons. The van der Waals surface area contributed by atoms with E-state index in [0.717, 1.165) is 18.9 Å². The number of aromatic amines is 1. The highest BCUT2D eigenvalue weighted by Gasteiger charge is 2.37. The van der Waals surface area contributed by atoms with Gasteiger partial charge in [0, 0.05) is 66.9 Å². The number of hydrogen-bond donors (Lipinski definition) is 2. The second-order valence-electron chi connectivity index (χ2n) is 11.7. The summed E-state index contributed by atoms with van der Waals surface area (Å²) in [4.78, 5) is 69.8. The van der Waals surface area contributed by atoms with Crippen LogP contribution in [0.15, 0.2) is 44.0 Å². The van der Waals surface area contributed by atoms with Crippen LogP contribution < -0.4 is 21.6 Å². The quantitative estimate of drug-likeness (QED) is 0.150. The Morgan fingerprint density at radius 2 is 1.89 bits per heavy atom. The average Bonchev–Trinajstić information content (AvgIpc) is 3.79. The molecular formula is C29H31FN8O8. The van der Waals surface area contributed by atoms with Crippen LogP contribution in [0.25, 0.3) is 21.3 Å². The van der Waals surface area contributed by atoms with Crippen LogP contribution in [0.3, 0.4) is 0 Å². The van der Waals surface area contributed by atoms with Crippen LogP contribution in [0.1, 0.15) is 47.5 Å². The highest BCUT2D eigenvalue weighted by molar-refractivity contribution is 5.93. The molecule has 1 saturated carbocycles. The number of H-pyrrole nitrogens is 1. The smallest absolute Gasteiger partial charge is 0.341 e. The van der Waals surface area contributed by atoms with Crippen LogP contribution in [0.2, 0.25) is 0 Å². The standard InChI is InChI=1S/C29H31FN8O8/c1-15-11-38(29(44)32-27(15)41)24-9-20(33-34-31)23(46-24)14-45-25(39)13-35-4-6-36(7-5-35)22-10-21-17(8-19(22)30)26(40)18(28(42)43)12-37(21)16-2-3-16/h8,10-12,16,20,23-24H,2-7,9,13-14H2,1H3,(H,42,43)(H,32,41,44)/t20-,23+,24+/m0/s1. The van der Waals surface area contributed by atoms with Gasteiger partial charge in [-0.05, 0) is 37.4 Å². The van der Waals surface area contributed by atoms with Gasteiger partial charge in [0.2, 0.25) is 5.43 Å². The van der Waals surface area contributed by atoms with E-state index in [0.29, 0.717) is 42.9 Å². The molecule has 3 aliphatic rings. The topological polar surface area (TPSA) is 205 Å². The Labute approximate surface area is 259 Å². The highest BCUT2D eigenvalue weighted by atomic mass is 19.1. The molecule has 1 aliphatic carbocycles. The molecule has 4 heterocycles. The monoisotopic (exact) mass is 638 g/mol. The van der Waals surface area contributed by atoms with Gasteiger partial charge in [-0.1, -0.05) is 5.11 Å². The van der Waals surface area contributed by atoms with Crippen LogP contribution >= 0.6 is 0 Å². The lowest BCUT2D eigenvalue weighted by Crippen LogP contribution is -2.48. The molecule has 2 saturated heterocycles. The van der Waals surface area contributed by atoms with E-state index >= 15 is 4.39 Å². The van der Waals surface area contributed by atoms with Crippen LogP contribution in [-0.4, -0.2) is 87.5 Å². The Hall–Kier alpha value is -4.99. The van der Waals surface area contributed by atoms with Crippen molar-refractivity contribution in [2.24, 2.45) is 5.11 Å². The lowest BCUT2D eigenvalue weighted by molar-refractivity contribution is -0.150. The van der Waals surface area contributed by atoms with Gasteiger partial charge in [-0.25, -0.2) is 14.0 Å². The predicted molar refractivity (Wildman–Crippen MR) is 161 cm³/mol. The minimum absolute atomic E-state index is 0.0237. The molecule has 46 heavy (non-hydrogen) atoms. The lowest BCUT2D eigenvalue weighted by Gasteiger charge is -2.36. The van der Waals surface area contributed by atoms with Crippen molar-refractivity contribution in [2.75, 3.05) is 44.2 Å². The summed E-state index contributed by atoms with van der Waals surface area (Å²) >= 11 is 0. The number of carbonyl (C=O) groups is 2. The van der Waals surface area contributed by atoms with E-state index in [1.807, 2.05) is 9.80 Å². The molecule has 2 N–H and O–H groups in total. The summed E-state index contributed by atoms with van der Waals surface area (Å²) in [5.74, 6) is -2.53. The molecule has 242 valence electrons. The van der Waals surface area contributed by atoms with Gasteiger partial charge in [0.25, 0.3) is 5.56 Å². The largest absolute Gasteiger partial charge is 0.477 e. The highest BCUT2D eigenvalue weighted by Crippen LogP contribution is 2.38. The molecule has 1 aromatic carbocycles. The van der Waals surface area contributed by atoms with E-state index in [2.05, 4.69) is 15.0 Å².